The number of thiophene rings is 1. The number of likely N-dealkylation sites (tertiary alicyclic amines) is 1. The van der Waals surface area contributed by atoms with Gasteiger partial charge in [0, 0.05) is 29.4 Å². The zero-order valence-electron chi connectivity index (χ0n) is 11.8. The summed E-state index contributed by atoms with van der Waals surface area (Å²) < 4.78 is 0. The van der Waals surface area contributed by atoms with Gasteiger partial charge in [0.15, 0.2) is 0 Å². The highest BCUT2D eigenvalue weighted by Gasteiger charge is 2.27. The third kappa shape index (κ3) is 3.70. The molecule has 2 atom stereocenters. The van der Waals surface area contributed by atoms with Gasteiger partial charge in [0.2, 0.25) is 0 Å². The number of nitrogens with zero attached hydrogens (tertiary/aromatic N) is 2. The summed E-state index contributed by atoms with van der Waals surface area (Å²) in [4.78, 5) is 6.24. The summed E-state index contributed by atoms with van der Waals surface area (Å²) in [6.45, 7) is 6.37. The first-order valence-electron chi connectivity index (χ1n) is 7.04. The first-order chi connectivity index (χ1) is 9.15. The Bertz CT molecular complexity index is 396. The number of halogens is 1. The molecule has 1 saturated heterocycles. The summed E-state index contributed by atoms with van der Waals surface area (Å²) in [7, 11) is 2.18. The van der Waals surface area contributed by atoms with Gasteiger partial charge < -0.3 is 5.73 Å². The zero-order chi connectivity index (χ0) is 13.8. The van der Waals surface area contributed by atoms with Crippen molar-refractivity contribution in [2.45, 2.75) is 31.8 Å². The van der Waals surface area contributed by atoms with E-state index in [1.165, 1.54) is 24.3 Å². The lowest BCUT2D eigenvalue weighted by molar-refractivity contribution is 0.167. The Labute approximate surface area is 125 Å². The van der Waals surface area contributed by atoms with E-state index in [1.807, 2.05) is 11.4 Å². The molecule has 2 heterocycles. The number of hydrogen-bond donors (Lipinski definition) is 1. The maximum Gasteiger partial charge on any atom is 0.0562 e. The van der Waals surface area contributed by atoms with E-state index in [0.29, 0.717) is 12.6 Å². The SMILES string of the molecule is CCN1CCCC1CN(C)C(CN)c1cc(Cl)cs1. The smallest absolute Gasteiger partial charge is 0.0562 e. The van der Waals surface area contributed by atoms with Gasteiger partial charge in [-0.25, -0.2) is 0 Å². The van der Waals surface area contributed by atoms with Crippen LogP contribution in [-0.4, -0.2) is 49.1 Å². The highest BCUT2D eigenvalue weighted by Crippen LogP contribution is 2.29. The summed E-state index contributed by atoms with van der Waals surface area (Å²) in [5.74, 6) is 0. The van der Waals surface area contributed by atoms with Gasteiger partial charge in [-0.1, -0.05) is 18.5 Å². The lowest BCUT2D eigenvalue weighted by Crippen LogP contribution is -2.41. The Morgan fingerprint density at radius 3 is 3.00 bits per heavy atom. The van der Waals surface area contributed by atoms with Crippen LogP contribution >= 0.6 is 22.9 Å². The van der Waals surface area contributed by atoms with E-state index in [9.17, 15) is 0 Å². The van der Waals surface area contributed by atoms with E-state index >= 15 is 0 Å². The van der Waals surface area contributed by atoms with E-state index in [2.05, 4.69) is 23.8 Å². The van der Waals surface area contributed by atoms with Crippen LogP contribution in [-0.2, 0) is 0 Å². The summed E-state index contributed by atoms with van der Waals surface area (Å²) in [6, 6.07) is 3.02. The molecule has 3 nitrogen and oxygen atoms in total. The van der Waals surface area contributed by atoms with Crippen molar-refractivity contribution in [3.63, 3.8) is 0 Å². The summed E-state index contributed by atoms with van der Waals surface area (Å²) >= 11 is 7.73. The van der Waals surface area contributed by atoms with Crippen molar-refractivity contribution in [1.29, 1.82) is 0 Å². The van der Waals surface area contributed by atoms with Crippen molar-refractivity contribution in [1.82, 2.24) is 9.80 Å². The Morgan fingerprint density at radius 2 is 2.42 bits per heavy atom. The van der Waals surface area contributed by atoms with Crippen molar-refractivity contribution in [3.8, 4) is 0 Å². The second-order valence-corrected chi connectivity index (χ2v) is 6.66. The van der Waals surface area contributed by atoms with Crippen molar-refractivity contribution in [2.24, 2.45) is 5.73 Å². The molecule has 0 saturated carbocycles. The van der Waals surface area contributed by atoms with Gasteiger partial charge in [-0.2, -0.15) is 0 Å². The predicted molar refractivity (Wildman–Crippen MR) is 84.0 cm³/mol. The summed E-state index contributed by atoms with van der Waals surface area (Å²) in [5, 5.41) is 2.81. The van der Waals surface area contributed by atoms with E-state index in [1.54, 1.807) is 11.3 Å². The third-order valence-electron chi connectivity index (χ3n) is 4.08. The fraction of sp³-hybridized carbons (Fsp3) is 0.714. The maximum absolute atomic E-state index is 6.02. The normalized spacial score (nSPS) is 22.3. The molecule has 1 aromatic heterocycles. The second kappa shape index (κ2) is 7.04. The molecule has 1 aliphatic rings. The minimum atomic E-state index is 0.289. The first-order valence-corrected chi connectivity index (χ1v) is 8.29. The van der Waals surface area contributed by atoms with Crippen LogP contribution < -0.4 is 5.73 Å². The quantitative estimate of drug-likeness (QED) is 0.877. The standard InChI is InChI=1S/C14H24ClN3S/c1-3-18-6-4-5-12(18)9-17(2)13(8-16)14-7-11(15)10-19-14/h7,10,12-13H,3-6,8-9,16H2,1-2H3. The molecule has 108 valence electrons. The molecule has 1 aliphatic heterocycles. The number of likely N-dealkylation sites (N-methyl/N-ethyl adjacent to an activating group) is 2. The molecule has 0 bridgehead atoms. The van der Waals surface area contributed by atoms with Crippen LogP contribution in [0.15, 0.2) is 11.4 Å². The zero-order valence-corrected chi connectivity index (χ0v) is 13.4. The number of nitrogens with two attached hydrogens (primary N) is 1. The molecule has 2 unspecified atom stereocenters. The molecule has 2 N–H and O–H groups in total. The van der Waals surface area contributed by atoms with Gasteiger partial charge in [-0.15, -0.1) is 11.3 Å². The predicted octanol–water partition coefficient (Wildman–Crippen LogP) is 2.82. The van der Waals surface area contributed by atoms with Crippen LogP contribution in [0.1, 0.15) is 30.7 Å². The molecular formula is C14H24ClN3S. The first kappa shape index (κ1) is 15.3. The largest absolute Gasteiger partial charge is 0.329 e. The van der Waals surface area contributed by atoms with E-state index < -0.39 is 0 Å². The summed E-state index contributed by atoms with van der Waals surface area (Å²) in [6.07, 6.45) is 2.63. The monoisotopic (exact) mass is 301 g/mol. The fourth-order valence-electron chi connectivity index (χ4n) is 2.99. The molecule has 0 spiro atoms. The van der Waals surface area contributed by atoms with E-state index in [4.69, 9.17) is 17.3 Å². The van der Waals surface area contributed by atoms with Gasteiger partial charge in [-0.05, 0) is 39.0 Å². The Balaban J connectivity index is 1.99. The molecule has 2 rings (SSSR count). The van der Waals surface area contributed by atoms with Crippen LogP contribution in [0.5, 0.6) is 0 Å². The van der Waals surface area contributed by atoms with Crippen LogP contribution in [0.3, 0.4) is 0 Å². The lowest BCUT2D eigenvalue weighted by Gasteiger charge is -2.32. The van der Waals surface area contributed by atoms with Crippen molar-refractivity contribution < 1.29 is 0 Å². The second-order valence-electron chi connectivity index (χ2n) is 5.28. The molecule has 19 heavy (non-hydrogen) atoms. The minimum Gasteiger partial charge on any atom is -0.329 e. The van der Waals surface area contributed by atoms with Gasteiger partial charge in [0.1, 0.15) is 0 Å². The van der Waals surface area contributed by atoms with Crippen molar-refractivity contribution in [2.75, 3.05) is 33.2 Å². The lowest BCUT2D eigenvalue weighted by atomic mass is 10.1. The third-order valence-corrected chi connectivity index (χ3v) is 5.46. The van der Waals surface area contributed by atoms with Crippen molar-refractivity contribution >= 4 is 22.9 Å². The fourth-order valence-corrected chi connectivity index (χ4v) is 4.26. The van der Waals surface area contributed by atoms with E-state index in [0.717, 1.165) is 18.1 Å². The van der Waals surface area contributed by atoms with Gasteiger partial charge in [0.05, 0.1) is 11.1 Å². The highest BCUT2D eigenvalue weighted by molar-refractivity contribution is 7.10. The minimum absolute atomic E-state index is 0.289. The van der Waals surface area contributed by atoms with Gasteiger partial charge in [-0.3, -0.25) is 9.80 Å². The molecular weight excluding hydrogens is 278 g/mol. The van der Waals surface area contributed by atoms with Crippen LogP contribution in [0.25, 0.3) is 0 Å². The average molecular weight is 302 g/mol. The Morgan fingerprint density at radius 1 is 1.63 bits per heavy atom. The Hall–Kier alpha value is -0.130. The van der Waals surface area contributed by atoms with Crippen LogP contribution in [0, 0.1) is 0 Å². The van der Waals surface area contributed by atoms with Gasteiger partial charge >= 0.3 is 0 Å². The topological polar surface area (TPSA) is 32.5 Å². The molecule has 0 radical (unpaired) electrons. The number of rotatable bonds is 6. The molecule has 1 fully saturated rings. The van der Waals surface area contributed by atoms with Crippen LogP contribution in [0.2, 0.25) is 5.02 Å². The van der Waals surface area contributed by atoms with Crippen LogP contribution in [0.4, 0.5) is 0 Å². The molecule has 1 aromatic rings. The van der Waals surface area contributed by atoms with E-state index in [-0.39, 0.29) is 6.04 Å². The average Bonchev–Trinajstić information content (AvgIpc) is 2.99. The van der Waals surface area contributed by atoms with Crippen molar-refractivity contribution in [3.05, 3.63) is 21.3 Å². The summed E-state index contributed by atoms with van der Waals surface area (Å²) in [5.41, 5.74) is 5.96. The number of hydrogen-bond acceptors (Lipinski definition) is 4. The highest BCUT2D eigenvalue weighted by atomic mass is 35.5. The Kier molecular flexibility index (Phi) is 5.66. The van der Waals surface area contributed by atoms with Gasteiger partial charge in [0.25, 0.3) is 0 Å². The molecule has 0 aromatic carbocycles. The molecule has 0 aliphatic carbocycles. The molecule has 0 amide bonds. The maximum atomic E-state index is 6.02. The molecule has 5 heteroatoms.